The predicted octanol–water partition coefficient (Wildman–Crippen LogP) is 4.89. The van der Waals surface area contributed by atoms with Crippen molar-refractivity contribution in [2.45, 2.75) is 20.3 Å². The molecule has 0 saturated heterocycles. The Bertz CT molecular complexity index is 796. The molecule has 0 radical (unpaired) electrons. The van der Waals surface area contributed by atoms with Gasteiger partial charge in [0.25, 0.3) is 0 Å². The van der Waals surface area contributed by atoms with Crippen LogP contribution < -0.4 is 4.74 Å². The third-order valence-corrected chi connectivity index (χ3v) is 4.97. The third kappa shape index (κ3) is 2.49. The van der Waals surface area contributed by atoms with E-state index in [4.69, 9.17) is 16.3 Å². The lowest BCUT2D eigenvalue weighted by atomic mass is 10.1. The Labute approximate surface area is 132 Å². The highest BCUT2D eigenvalue weighted by molar-refractivity contribution is 7.22. The number of benzene rings is 1. The van der Waals surface area contributed by atoms with Gasteiger partial charge < -0.3 is 4.74 Å². The van der Waals surface area contributed by atoms with Gasteiger partial charge in [0.15, 0.2) is 0 Å². The quantitative estimate of drug-likeness (QED) is 0.645. The van der Waals surface area contributed by atoms with Crippen LogP contribution in [0, 0.1) is 6.92 Å². The van der Waals surface area contributed by atoms with Crippen LogP contribution in [-0.4, -0.2) is 17.1 Å². The maximum Gasteiger partial charge on any atom is 0.141 e. The highest BCUT2D eigenvalue weighted by atomic mass is 35.5. The number of fused-ring (bicyclic) bond motifs is 1. The summed E-state index contributed by atoms with van der Waals surface area (Å²) >= 11 is 7.99. The van der Waals surface area contributed by atoms with Crippen LogP contribution in [0.15, 0.2) is 24.3 Å². The molecule has 3 nitrogen and oxygen atoms in total. The summed E-state index contributed by atoms with van der Waals surface area (Å²) in [5.41, 5.74) is 2.28. The Kier molecular flexibility index (Phi) is 3.83. The van der Waals surface area contributed by atoms with Gasteiger partial charge in [-0.1, -0.05) is 18.5 Å². The summed E-state index contributed by atoms with van der Waals surface area (Å²) in [6.07, 6.45) is 0.782. The molecule has 0 saturated carbocycles. The number of nitrogens with zero attached hydrogens (tertiary/aromatic N) is 2. The van der Waals surface area contributed by atoms with E-state index < -0.39 is 0 Å². The van der Waals surface area contributed by atoms with Crippen molar-refractivity contribution in [1.29, 1.82) is 0 Å². The lowest BCUT2D eigenvalue weighted by Gasteiger charge is -2.02. The number of halogens is 1. The van der Waals surface area contributed by atoms with Crippen LogP contribution in [0.25, 0.3) is 20.7 Å². The fourth-order valence-electron chi connectivity index (χ4n) is 2.31. The standard InChI is InChI=1S/C16H15ClN2OS/c1-4-12-18-15(17)13-9(2)14(21-16(13)19-12)10-5-7-11(20-3)8-6-10/h5-8H,4H2,1-3H3. The first-order valence-electron chi connectivity index (χ1n) is 6.74. The molecule has 0 amide bonds. The van der Waals surface area contributed by atoms with Crippen molar-refractivity contribution in [2.75, 3.05) is 7.11 Å². The minimum Gasteiger partial charge on any atom is -0.497 e. The van der Waals surface area contributed by atoms with Gasteiger partial charge in [0.2, 0.25) is 0 Å². The number of ether oxygens (including phenoxy) is 1. The maximum atomic E-state index is 6.33. The Morgan fingerprint density at radius 3 is 2.52 bits per heavy atom. The molecule has 0 aliphatic heterocycles. The summed E-state index contributed by atoms with van der Waals surface area (Å²) in [6, 6.07) is 8.03. The van der Waals surface area contributed by atoms with Crippen LogP contribution in [0.1, 0.15) is 18.3 Å². The number of aryl methyl sites for hydroxylation is 2. The van der Waals surface area contributed by atoms with Gasteiger partial charge in [0.1, 0.15) is 21.6 Å². The van der Waals surface area contributed by atoms with Crippen LogP contribution in [0.5, 0.6) is 5.75 Å². The molecule has 0 spiro atoms. The predicted molar refractivity (Wildman–Crippen MR) is 88.5 cm³/mol. The monoisotopic (exact) mass is 318 g/mol. The van der Waals surface area contributed by atoms with E-state index in [0.29, 0.717) is 5.15 Å². The number of rotatable bonds is 3. The van der Waals surface area contributed by atoms with Crippen LogP contribution in [0.3, 0.4) is 0 Å². The molecule has 108 valence electrons. The first-order valence-corrected chi connectivity index (χ1v) is 7.93. The van der Waals surface area contributed by atoms with Crippen molar-refractivity contribution in [1.82, 2.24) is 9.97 Å². The van der Waals surface area contributed by atoms with Gasteiger partial charge in [0, 0.05) is 11.3 Å². The zero-order valence-corrected chi connectivity index (χ0v) is 13.7. The van der Waals surface area contributed by atoms with Crippen molar-refractivity contribution in [3.8, 4) is 16.2 Å². The van der Waals surface area contributed by atoms with Gasteiger partial charge in [-0.15, -0.1) is 11.3 Å². The van der Waals surface area contributed by atoms with Crippen LogP contribution >= 0.6 is 22.9 Å². The van der Waals surface area contributed by atoms with Crippen LogP contribution in [0.2, 0.25) is 5.15 Å². The molecule has 3 aromatic rings. The largest absolute Gasteiger partial charge is 0.497 e. The molecule has 0 aliphatic carbocycles. The fourth-order valence-corrected chi connectivity index (χ4v) is 3.90. The second kappa shape index (κ2) is 5.62. The van der Waals surface area contributed by atoms with Crippen molar-refractivity contribution in [3.63, 3.8) is 0 Å². The van der Waals surface area contributed by atoms with E-state index in [2.05, 4.69) is 29.0 Å². The Hall–Kier alpha value is -1.65. The average molecular weight is 319 g/mol. The Morgan fingerprint density at radius 2 is 1.90 bits per heavy atom. The number of hydrogen-bond donors (Lipinski definition) is 0. The number of aromatic nitrogens is 2. The van der Waals surface area contributed by atoms with E-state index in [-0.39, 0.29) is 0 Å². The second-order valence-corrected chi connectivity index (χ2v) is 6.11. The molecule has 5 heteroatoms. The molecule has 0 atom stereocenters. The van der Waals surface area contributed by atoms with Crippen LogP contribution in [-0.2, 0) is 6.42 Å². The highest BCUT2D eigenvalue weighted by Gasteiger charge is 2.16. The van der Waals surface area contributed by atoms with Crippen molar-refractivity contribution < 1.29 is 4.74 Å². The first kappa shape index (κ1) is 14.3. The molecular formula is C16H15ClN2OS. The summed E-state index contributed by atoms with van der Waals surface area (Å²) in [5.74, 6) is 1.64. The molecular weight excluding hydrogens is 304 g/mol. The number of thiophene rings is 1. The number of methoxy groups -OCH3 is 1. The molecule has 21 heavy (non-hydrogen) atoms. The summed E-state index contributed by atoms with van der Waals surface area (Å²) < 4.78 is 5.20. The lowest BCUT2D eigenvalue weighted by molar-refractivity contribution is 0.415. The highest BCUT2D eigenvalue weighted by Crippen LogP contribution is 2.40. The molecule has 0 fully saturated rings. The molecule has 2 heterocycles. The zero-order valence-electron chi connectivity index (χ0n) is 12.1. The fraction of sp³-hybridized carbons (Fsp3) is 0.250. The molecule has 0 bridgehead atoms. The molecule has 0 unspecified atom stereocenters. The van der Waals surface area contributed by atoms with Gasteiger partial charge >= 0.3 is 0 Å². The van der Waals surface area contributed by atoms with Gasteiger partial charge in [-0.2, -0.15) is 0 Å². The third-order valence-electron chi connectivity index (χ3n) is 3.46. The van der Waals surface area contributed by atoms with Crippen molar-refractivity contribution in [2.24, 2.45) is 0 Å². The molecule has 0 N–H and O–H groups in total. The van der Waals surface area contributed by atoms with Gasteiger partial charge in [-0.3, -0.25) is 0 Å². The summed E-state index contributed by atoms with van der Waals surface area (Å²) in [7, 11) is 1.67. The van der Waals surface area contributed by atoms with E-state index in [0.717, 1.165) is 39.3 Å². The summed E-state index contributed by atoms with van der Waals surface area (Å²) in [6.45, 7) is 4.10. The molecule has 0 aliphatic rings. The average Bonchev–Trinajstić information content (AvgIpc) is 2.84. The summed E-state index contributed by atoms with van der Waals surface area (Å²) in [5, 5.41) is 1.51. The minimum absolute atomic E-state index is 0.547. The van der Waals surface area contributed by atoms with Gasteiger partial charge in [-0.25, -0.2) is 9.97 Å². The lowest BCUT2D eigenvalue weighted by Crippen LogP contribution is -1.92. The molecule has 1 aromatic carbocycles. The topological polar surface area (TPSA) is 35.0 Å². The van der Waals surface area contributed by atoms with Crippen molar-refractivity contribution >= 4 is 33.2 Å². The van der Waals surface area contributed by atoms with E-state index in [9.17, 15) is 0 Å². The van der Waals surface area contributed by atoms with Gasteiger partial charge in [0.05, 0.1) is 12.5 Å². The summed E-state index contributed by atoms with van der Waals surface area (Å²) in [4.78, 5) is 11.1. The van der Waals surface area contributed by atoms with E-state index >= 15 is 0 Å². The maximum absolute atomic E-state index is 6.33. The molecule has 3 rings (SSSR count). The first-order chi connectivity index (χ1) is 10.1. The van der Waals surface area contributed by atoms with E-state index in [1.165, 1.54) is 4.88 Å². The van der Waals surface area contributed by atoms with Crippen molar-refractivity contribution in [3.05, 3.63) is 40.8 Å². The van der Waals surface area contributed by atoms with Crippen LogP contribution in [0.4, 0.5) is 0 Å². The Balaban J connectivity index is 2.18. The SMILES string of the molecule is CCc1nc(Cl)c2c(C)c(-c3ccc(OC)cc3)sc2n1. The number of hydrogen-bond acceptors (Lipinski definition) is 4. The zero-order chi connectivity index (χ0) is 15.0. The van der Waals surface area contributed by atoms with E-state index in [1.54, 1.807) is 18.4 Å². The second-order valence-electron chi connectivity index (χ2n) is 4.75. The Morgan fingerprint density at radius 1 is 1.19 bits per heavy atom. The normalized spacial score (nSPS) is 11.0. The van der Waals surface area contributed by atoms with Gasteiger partial charge in [-0.05, 0) is 42.3 Å². The minimum atomic E-state index is 0.547. The smallest absolute Gasteiger partial charge is 0.141 e. The molecule has 2 aromatic heterocycles. The van der Waals surface area contributed by atoms with E-state index in [1.807, 2.05) is 19.1 Å².